The number of thiophene rings is 1. The number of hydrogen-bond acceptors (Lipinski definition) is 9. The predicted octanol–water partition coefficient (Wildman–Crippen LogP) is 2.62. The summed E-state index contributed by atoms with van der Waals surface area (Å²) in [5, 5.41) is 26.8. The fraction of sp³-hybridized carbons (Fsp3) is 0.621. The van der Waals surface area contributed by atoms with E-state index in [1.807, 2.05) is 6.92 Å². The quantitative estimate of drug-likeness (QED) is 0.338. The van der Waals surface area contributed by atoms with E-state index in [-0.39, 0.29) is 6.04 Å². The molecule has 0 amide bonds. The van der Waals surface area contributed by atoms with Crippen LogP contribution in [0.4, 0.5) is 5.00 Å². The second-order valence-electron chi connectivity index (χ2n) is 11.8. The Morgan fingerprint density at radius 1 is 1.21 bits per heavy atom. The van der Waals surface area contributed by atoms with Crippen molar-refractivity contribution < 1.29 is 0 Å². The Balaban J connectivity index is 1.28. The van der Waals surface area contributed by atoms with Crippen LogP contribution in [0, 0.1) is 16.7 Å². The van der Waals surface area contributed by atoms with Crippen molar-refractivity contribution in [2.75, 3.05) is 58.1 Å². The first-order chi connectivity index (χ1) is 18.9. The Morgan fingerprint density at radius 3 is 2.82 bits per heavy atom. The lowest BCUT2D eigenvalue weighted by atomic mass is 9.69. The summed E-state index contributed by atoms with van der Waals surface area (Å²) in [5.41, 5.74) is 9.57. The number of fused-ring (bicyclic) bond motifs is 2. The SMILES string of the molecule is CC(=NC(=N)C1C=C(N2CCNCC2)C=C(N2CCN3CCCC3C2)N1)C1(C)CCCc2sc(N)c(C#N)c21. The van der Waals surface area contributed by atoms with Crippen LogP contribution >= 0.6 is 11.3 Å². The number of aliphatic imine (C=N–C) groups is 1. The summed E-state index contributed by atoms with van der Waals surface area (Å²) in [6, 6.07) is 2.68. The number of allylic oxidation sites excluding steroid dienone is 1. The Labute approximate surface area is 235 Å². The van der Waals surface area contributed by atoms with Gasteiger partial charge >= 0.3 is 0 Å². The molecule has 1 aromatic rings. The van der Waals surface area contributed by atoms with Gasteiger partial charge in [0.1, 0.15) is 28.8 Å². The number of nitrogen functional groups attached to an aromatic ring is 1. The highest BCUT2D eigenvalue weighted by atomic mass is 32.1. The van der Waals surface area contributed by atoms with E-state index in [4.69, 9.17) is 16.1 Å². The first kappa shape index (κ1) is 26.4. The van der Waals surface area contributed by atoms with E-state index in [2.05, 4.69) is 50.5 Å². The van der Waals surface area contributed by atoms with Gasteiger partial charge in [0.15, 0.2) is 0 Å². The van der Waals surface area contributed by atoms with Gasteiger partial charge in [-0.15, -0.1) is 11.3 Å². The molecule has 0 bridgehead atoms. The maximum Gasteiger partial charge on any atom is 0.147 e. The van der Waals surface area contributed by atoms with Crippen molar-refractivity contribution in [3.05, 3.63) is 39.7 Å². The number of rotatable bonds is 4. The molecule has 5 heterocycles. The number of nitrogens with one attached hydrogen (secondary N) is 3. The number of hydrogen-bond donors (Lipinski definition) is 4. The van der Waals surface area contributed by atoms with E-state index in [0.29, 0.717) is 22.4 Å². The van der Waals surface area contributed by atoms with Gasteiger partial charge in [-0.25, -0.2) is 4.99 Å². The molecule has 0 saturated carbocycles. The number of dihydropyridines is 1. The van der Waals surface area contributed by atoms with E-state index in [0.717, 1.165) is 82.2 Å². The zero-order chi connectivity index (χ0) is 27.1. The van der Waals surface area contributed by atoms with Crippen molar-refractivity contribution in [3.8, 4) is 6.07 Å². The Kier molecular flexibility index (Phi) is 7.16. The second kappa shape index (κ2) is 10.6. The van der Waals surface area contributed by atoms with Crippen LogP contribution in [0.3, 0.4) is 0 Å². The minimum Gasteiger partial charge on any atom is -0.389 e. The Bertz CT molecular complexity index is 1260. The summed E-state index contributed by atoms with van der Waals surface area (Å²) in [5.74, 6) is 1.43. The number of piperazine rings is 2. The molecule has 5 N–H and O–H groups in total. The fourth-order valence-corrected chi connectivity index (χ4v) is 8.28. The second-order valence-corrected chi connectivity index (χ2v) is 12.9. The largest absolute Gasteiger partial charge is 0.389 e. The van der Waals surface area contributed by atoms with Crippen molar-refractivity contribution in [1.82, 2.24) is 25.3 Å². The van der Waals surface area contributed by atoms with Crippen molar-refractivity contribution in [3.63, 3.8) is 0 Å². The summed E-state index contributed by atoms with van der Waals surface area (Å²) < 4.78 is 0. The molecule has 39 heavy (non-hydrogen) atoms. The van der Waals surface area contributed by atoms with Crippen LogP contribution in [-0.2, 0) is 11.8 Å². The summed E-state index contributed by atoms with van der Waals surface area (Å²) in [6.45, 7) is 12.4. The predicted molar refractivity (Wildman–Crippen MR) is 158 cm³/mol. The van der Waals surface area contributed by atoms with Crippen LogP contribution in [0.5, 0.6) is 0 Å². The van der Waals surface area contributed by atoms with Gasteiger partial charge in [-0.05, 0) is 57.2 Å². The molecule has 10 heteroatoms. The molecule has 4 aliphatic heterocycles. The summed E-state index contributed by atoms with van der Waals surface area (Å²) >= 11 is 1.54. The standard InChI is InChI=1S/C29H41N9S/c1-19(29(2)7-3-6-24-26(29)22(17-30)28(32)39-24)34-27(31)23-15-21(37-11-8-33-9-12-37)16-25(35-23)38-14-13-36-10-4-5-20(36)18-38/h15-16,20,23,31,33,35H,3-14,18,32H2,1-2H3. The molecule has 9 nitrogen and oxygen atoms in total. The van der Waals surface area contributed by atoms with Gasteiger partial charge in [0.2, 0.25) is 0 Å². The molecule has 0 spiro atoms. The molecular formula is C29H41N9S. The van der Waals surface area contributed by atoms with E-state index in [1.54, 1.807) is 11.3 Å². The Hall–Kier alpha value is -2.87. The number of anilines is 1. The van der Waals surface area contributed by atoms with E-state index < -0.39 is 5.41 Å². The minimum atomic E-state index is -0.393. The zero-order valence-electron chi connectivity index (χ0n) is 23.2. The van der Waals surface area contributed by atoms with Crippen LogP contribution in [0.25, 0.3) is 0 Å². The van der Waals surface area contributed by atoms with Crippen LogP contribution in [0.15, 0.2) is 28.7 Å². The summed E-state index contributed by atoms with van der Waals surface area (Å²) in [4.78, 5) is 13.7. The molecule has 0 radical (unpaired) electrons. The molecule has 3 fully saturated rings. The molecule has 5 aliphatic rings. The third-order valence-corrected chi connectivity index (χ3v) is 10.5. The number of aryl methyl sites for hydroxylation is 1. The lowest BCUT2D eigenvalue weighted by molar-refractivity contribution is 0.122. The molecular weight excluding hydrogens is 506 g/mol. The number of nitriles is 1. The molecule has 1 aromatic heterocycles. The van der Waals surface area contributed by atoms with E-state index in [1.165, 1.54) is 30.0 Å². The number of nitrogens with two attached hydrogens (primary N) is 1. The van der Waals surface area contributed by atoms with Gasteiger partial charge in [0.25, 0.3) is 0 Å². The zero-order valence-corrected chi connectivity index (χ0v) is 24.0. The summed E-state index contributed by atoms with van der Waals surface area (Å²) in [6.07, 6.45) is 9.92. The Morgan fingerprint density at radius 2 is 2.03 bits per heavy atom. The highest BCUT2D eigenvalue weighted by Crippen LogP contribution is 2.46. The average molecular weight is 548 g/mol. The van der Waals surface area contributed by atoms with Crippen molar-refractivity contribution in [2.45, 2.75) is 63.5 Å². The lowest BCUT2D eigenvalue weighted by Crippen LogP contribution is -2.54. The van der Waals surface area contributed by atoms with Gasteiger partial charge in [-0.2, -0.15) is 5.26 Å². The number of nitrogens with zero attached hydrogens (tertiary/aromatic N) is 5. The van der Waals surface area contributed by atoms with Crippen molar-refractivity contribution >= 4 is 27.9 Å². The molecule has 3 atom stereocenters. The number of amidine groups is 1. The topological polar surface area (TPSA) is 120 Å². The minimum absolute atomic E-state index is 0.305. The van der Waals surface area contributed by atoms with Crippen LogP contribution in [0.1, 0.15) is 55.5 Å². The smallest absolute Gasteiger partial charge is 0.147 e. The van der Waals surface area contributed by atoms with Crippen LogP contribution in [-0.4, -0.2) is 90.7 Å². The molecule has 6 rings (SSSR count). The molecule has 0 aromatic carbocycles. The summed E-state index contributed by atoms with van der Waals surface area (Å²) in [7, 11) is 0. The average Bonchev–Trinajstić information content (AvgIpc) is 3.56. The van der Waals surface area contributed by atoms with Gasteiger partial charge in [0.05, 0.1) is 5.56 Å². The van der Waals surface area contributed by atoms with Gasteiger partial charge in [-0.3, -0.25) is 10.3 Å². The van der Waals surface area contributed by atoms with Crippen LogP contribution < -0.4 is 16.4 Å². The fourth-order valence-electron chi connectivity index (χ4n) is 7.09. The molecule has 208 valence electrons. The normalized spacial score (nSPS) is 29.6. The molecule has 1 aliphatic carbocycles. The van der Waals surface area contributed by atoms with Crippen LogP contribution in [0.2, 0.25) is 0 Å². The van der Waals surface area contributed by atoms with E-state index in [9.17, 15) is 5.26 Å². The monoisotopic (exact) mass is 547 g/mol. The third-order valence-electron chi connectivity index (χ3n) is 9.47. The molecule has 3 unspecified atom stereocenters. The van der Waals surface area contributed by atoms with Gasteiger partial charge < -0.3 is 26.2 Å². The van der Waals surface area contributed by atoms with Gasteiger partial charge in [-0.1, -0.05) is 6.92 Å². The highest BCUT2D eigenvalue weighted by Gasteiger charge is 2.40. The lowest BCUT2D eigenvalue weighted by Gasteiger charge is -2.42. The van der Waals surface area contributed by atoms with Crippen molar-refractivity contribution in [1.29, 1.82) is 10.7 Å². The van der Waals surface area contributed by atoms with Gasteiger partial charge in [0, 0.05) is 79.6 Å². The maximum atomic E-state index is 9.88. The van der Waals surface area contributed by atoms with Crippen molar-refractivity contribution in [2.24, 2.45) is 4.99 Å². The first-order valence-electron chi connectivity index (χ1n) is 14.5. The molecule has 3 saturated heterocycles. The highest BCUT2D eigenvalue weighted by molar-refractivity contribution is 7.16. The first-order valence-corrected chi connectivity index (χ1v) is 15.3. The maximum absolute atomic E-state index is 9.88. The van der Waals surface area contributed by atoms with E-state index >= 15 is 0 Å². The third kappa shape index (κ3) is 4.85.